The highest BCUT2D eigenvalue weighted by molar-refractivity contribution is 7.90. The highest BCUT2D eigenvalue weighted by Gasteiger charge is 2.38. The van der Waals surface area contributed by atoms with Gasteiger partial charge in [0, 0.05) is 17.8 Å². The third kappa shape index (κ3) is 8.43. The number of nitrogens with one attached hydrogen (secondary N) is 1. The van der Waals surface area contributed by atoms with Crippen molar-refractivity contribution in [2.24, 2.45) is 5.92 Å². The molecule has 0 saturated heterocycles. The zero-order valence-corrected chi connectivity index (χ0v) is 21.5. The number of esters is 1. The van der Waals surface area contributed by atoms with E-state index in [-0.39, 0.29) is 16.3 Å². The summed E-state index contributed by atoms with van der Waals surface area (Å²) < 4.78 is 21.8. The van der Waals surface area contributed by atoms with Crippen LogP contribution in [0.3, 0.4) is 0 Å². The predicted molar refractivity (Wildman–Crippen MR) is 130 cm³/mol. The second kappa shape index (κ2) is 10.7. The lowest BCUT2D eigenvalue weighted by molar-refractivity contribution is -0.155. The fourth-order valence-corrected chi connectivity index (χ4v) is 5.19. The molecular weight excluding hydrogens is 406 g/mol. The average molecular weight is 450 g/mol. The quantitative estimate of drug-likeness (QED) is 0.429. The Labute approximate surface area is 193 Å². The van der Waals surface area contributed by atoms with E-state index < -0.39 is 17.0 Å². The lowest BCUT2D eigenvalue weighted by Gasteiger charge is -2.38. The summed E-state index contributed by atoms with van der Waals surface area (Å²) >= 11 is -1.16. The first-order valence-electron chi connectivity index (χ1n) is 11.8. The Balaban J connectivity index is 2.18. The molecular formula is C26H43NO3S. The molecule has 0 saturated carbocycles. The van der Waals surface area contributed by atoms with E-state index in [0.717, 1.165) is 38.5 Å². The minimum Gasteiger partial charge on any atom is -0.598 e. The molecule has 5 heteroatoms. The molecule has 31 heavy (non-hydrogen) atoms. The smallest absolute Gasteiger partial charge is 0.306 e. The van der Waals surface area contributed by atoms with Crippen LogP contribution in [-0.2, 0) is 32.9 Å². The molecule has 1 aliphatic rings. The van der Waals surface area contributed by atoms with Gasteiger partial charge in [0.2, 0.25) is 0 Å². The van der Waals surface area contributed by atoms with Gasteiger partial charge in [0.25, 0.3) is 0 Å². The highest BCUT2D eigenvalue weighted by Crippen LogP contribution is 2.36. The van der Waals surface area contributed by atoms with E-state index in [1.54, 1.807) is 0 Å². The molecule has 0 aromatic heterocycles. The Bertz CT molecular complexity index is 722. The molecule has 0 aliphatic heterocycles. The molecule has 4 nitrogen and oxygen atoms in total. The number of ether oxygens (including phenoxy) is 1. The number of hydrogen-bond donors (Lipinski definition) is 1. The van der Waals surface area contributed by atoms with Crippen LogP contribution >= 0.6 is 0 Å². The Morgan fingerprint density at radius 2 is 1.84 bits per heavy atom. The molecule has 1 N–H and O–H groups in total. The van der Waals surface area contributed by atoms with Crippen LogP contribution in [0.1, 0.15) is 105 Å². The van der Waals surface area contributed by atoms with Crippen molar-refractivity contribution in [1.82, 2.24) is 4.72 Å². The minimum absolute atomic E-state index is 0.107. The van der Waals surface area contributed by atoms with Gasteiger partial charge in [-0.15, -0.1) is 4.72 Å². The summed E-state index contributed by atoms with van der Waals surface area (Å²) in [7, 11) is 0. The van der Waals surface area contributed by atoms with Gasteiger partial charge in [0.05, 0.1) is 5.54 Å². The van der Waals surface area contributed by atoms with Gasteiger partial charge in [-0.25, -0.2) is 0 Å². The van der Waals surface area contributed by atoms with Crippen LogP contribution in [0.4, 0.5) is 0 Å². The topological polar surface area (TPSA) is 61.4 Å². The molecule has 1 aliphatic carbocycles. The van der Waals surface area contributed by atoms with Crippen molar-refractivity contribution in [1.29, 1.82) is 0 Å². The van der Waals surface area contributed by atoms with Crippen molar-refractivity contribution in [2.75, 3.05) is 0 Å². The second-order valence-corrected chi connectivity index (χ2v) is 13.2. The van der Waals surface area contributed by atoms with E-state index in [0.29, 0.717) is 12.3 Å². The molecule has 0 amide bonds. The van der Waals surface area contributed by atoms with Gasteiger partial charge < -0.3 is 9.29 Å². The van der Waals surface area contributed by atoms with Crippen LogP contribution in [-0.4, -0.2) is 20.9 Å². The maximum absolute atomic E-state index is 13.1. The molecule has 2 rings (SSSR count). The monoisotopic (exact) mass is 449 g/mol. The van der Waals surface area contributed by atoms with Gasteiger partial charge in [-0.3, -0.25) is 4.79 Å². The molecule has 0 heterocycles. The van der Waals surface area contributed by atoms with Crippen LogP contribution in [0.25, 0.3) is 0 Å². The van der Waals surface area contributed by atoms with E-state index in [9.17, 15) is 9.35 Å². The molecule has 1 aromatic rings. The standard InChI is InChI=1S/C26H43NO3S/c1-24(2,3)30-23(28)17-16-20-12-8-9-13-21-14-10-11-15-22(21)26(7,19-18-20)27-31(29)25(4,5)6/h10-11,14-15,20,27H,8-9,12-13,16-19H2,1-7H3/t20?,26-,31+/m0/s1. The summed E-state index contributed by atoms with van der Waals surface area (Å²) in [6, 6.07) is 8.61. The zero-order chi connectivity index (χ0) is 23.3. The van der Waals surface area contributed by atoms with Gasteiger partial charge in [-0.1, -0.05) is 37.1 Å². The summed E-state index contributed by atoms with van der Waals surface area (Å²) in [4.78, 5) is 12.3. The number of rotatable bonds is 5. The molecule has 176 valence electrons. The molecule has 0 fully saturated rings. The number of benzene rings is 1. The van der Waals surface area contributed by atoms with Crippen LogP contribution in [0.5, 0.6) is 0 Å². The maximum atomic E-state index is 13.1. The average Bonchev–Trinajstić information content (AvgIpc) is 2.64. The second-order valence-electron chi connectivity index (χ2n) is 11.2. The molecule has 3 atom stereocenters. The van der Waals surface area contributed by atoms with E-state index in [1.807, 2.05) is 41.5 Å². The molecule has 0 radical (unpaired) electrons. The summed E-state index contributed by atoms with van der Waals surface area (Å²) in [5.74, 6) is 0.367. The fraction of sp³-hybridized carbons (Fsp3) is 0.731. The molecule has 1 unspecified atom stereocenters. The Kier molecular flexibility index (Phi) is 9.06. The van der Waals surface area contributed by atoms with E-state index in [1.165, 1.54) is 17.5 Å². The summed E-state index contributed by atoms with van der Waals surface area (Å²) in [6.45, 7) is 14.0. The van der Waals surface area contributed by atoms with Gasteiger partial charge >= 0.3 is 5.97 Å². The van der Waals surface area contributed by atoms with Crippen molar-refractivity contribution in [3.8, 4) is 0 Å². The van der Waals surface area contributed by atoms with Crippen LogP contribution in [0, 0.1) is 5.92 Å². The first kappa shape index (κ1) is 26.2. The summed E-state index contributed by atoms with van der Waals surface area (Å²) in [5.41, 5.74) is 1.82. The normalized spacial score (nSPS) is 24.2. The van der Waals surface area contributed by atoms with Gasteiger partial charge in [-0.05, 0) is 97.6 Å². The predicted octanol–water partition coefficient (Wildman–Crippen LogP) is 6.20. The van der Waals surface area contributed by atoms with Crippen LogP contribution in [0.15, 0.2) is 24.3 Å². The fourth-order valence-electron chi connectivity index (χ4n) is 4.26. The number of hydrogen-bond acceptors (Lipinski definition) is 4. The molecule has 0 bridgehead atoms. The SMILES string of the molecule is CC(C)(C)OC(=O)CCC1CCCCc2ccccc2[C@@](C)(N[S@+]([O-])C(C)(C)C)CC1. The maximum Gasteiger partial charge on any atom is 0.306 e. The molecule has 0 spiro atoms. The third-order valence-electron chi connectivity index (χ3n) is 6.02. The Morgan fingerprint density at radius 1 is 1.16 bits per heavy atom. The third-order valence-corrected chi connectivity index (χ3v) is 7.77. The molecule has 1 aromatic carbocycles. The lowest BCUT2D eigenvalue weighted by Crippen LogP contribution is -2.50. The van der Waals surface area contributed by atoms with E-state index in [2.05, 4.69) is 35.9 Å². The summed E-state index contributed by atoms with van der Waals surface area (Å²) in [5, 5.41) is 0. The zero-order valence-electron chi connectivity index (χ0n) is 20.7. The number of carbonyl (C=O) groups excluding carboxylic acids is 1. The summed E-state index contributed by atoms with van der Waals surface area (Å²) in [6.07, 6.45) is 7.69. The number of fused-ring (bicyclic) bond motifs is 1. The van der Waals surface area contributed by atoms with Crippen molar-refractivity contribution >= 4 is 17.3 Å². The number of aryl methyl sites for hydroxylation is 1. The van der Waals surface area contributed by atoms with E-state index >= 15 is 0 Å². The van der Waals surface area contributed by atoms with Crippen LogP contribution in [0.2, 0.25) is 0 Å². The number of carbonyl (C=O) groups is 1. The van der Waals surface area contributed by atoms with Crippen molar-refractivity contribution in [3.63, 3.8) is 0 Å². The van der Waals surface area contributed by atoms with Crippen LogP contribution < -0.4 is 4.72 Å². The van der Waals surface area contributed by atoms with Crippen molar-refractivity contribution in [3.05, 3.63) is 35.4 Å². The lowest BCUT2D eigenvalue weighted by atomic mass is 9.79. The highest BCUT2D eigenvalue weighted by atomic mass is 32.2. The van der Waals surface area contributed by atoms with Gasteiger partial charge in [0.1, 0.15) is 10.3 Å². The van der Waals surface area contributed by atoms with Crippen molar-refractivity contribution in [2.45, 2.75) is 116 Å². The first-order valence-corrected chi connectivity index (χ1v) is 12.9. The van der Waals surface area contributed by atoms with Gasteiger partial charge in [0.15, 0.2) is 0 Å². The Hall–Kier alpha value is -1.04. The van der Waals surface area contributed by atoms with Crippen molar-refractivity contribution < 1.29 is 14.1 Å². The minimum atomic E-state index is -1.16. The largest absolute Gasteiger partial charge is 0.598 e. The van der Waals surface area contributed by atoms with E-state index in [4.69, 9.17) is 4.74 Å². The van der Waals surface area contributed by atoms with Gasteiger partial charge in [-0.2, -0.15) is 0 Å². The first-order chi connectivity index (χ1) is 14.3. The Morgan fingerprint density at radius 3 is 2.48 bits per heavy atom.